The highest BCUT2D eigenvalue weighted by Crippen LogP contribution is 2.40. The van der Waals surface area contributed by atoms with Crippen molar-refractivity contribution in [2.24, 2.45) is 0 Å². The highest BCUT2D eigenvalue weighted by atomic mass is 16.5. The lowest BCUT2D eigenvalue weighted by atomic mass is 10.1. The highest BCUT2D eigenvalue weighted by molar-refractivity contribution is 5.91. The molecule has 178 valence electrons. The van der Waals surface area contributed by atoms with Crippen LogP contribution in [-0.4, -0.2) is 22.3 Å². The average Bonchev–Trinajstić information content (AvgIpc) is 3.69. The van der Waals surface area contributed by atoms with Crippen molar-refractivity contribution in [3.8, 4) is 22.6 Å². The smallest absolute Gasteiger partial charge is 0.263 e. The number of rotatable bonds is 7. The van der Waals surface area contributed by atoms with Crippen LogP contribution in [0.25, 0.3) is 27.8 Å². The van der Waals surface area contributed by atoms with Gasteiger partial charge in [-0.25, -0.2) is 4.68 Å². The molecule has 7 heteroatoms. The lowest BCUT2D eigenvalue weighted by molar-refractivity contribution is -0.118. The number of benzene rings is 3. The minimum atomic E-state index is -0.310. The molecular formula is C29H23N3O4. The number of nitrogens with one attached hydrogen (secondary N) is 1. The lowest BCUT2D eigenvalue weighted by Crippen LogP contribution is -2.21. The Balaban J connectivity index is 1.18. The van der Waals surface area contributed by atoms with Gasteiger partial charge in [0.2, 0.25) is 0 Å². The van der Waals surface area contributed by atoms with Gasteiger partial charge in [-0.3, -0.25) is 9.59 Å². The predicted octanol–water partition coefficient (Wildman–Crippen LogP) is 5.54. The summed E-state index contributed by atoms with van der Waals surface area (Å²) >= 11 is 0. The van der Waals surface area contributed by atoms with Gasteiger partial charge in [0.25, 0.3) is 5.91 Å². The van der Waals surface area contributed by atoms with Crippen molar-refractivity contribution in [3.05, 3.63) is 107 Å². The van der Waals surface area contributed by atoms with Crippen LogP contribution in [0, 0.1) is 0 Å². The molecule has 7 nitrogen and oxygen atoms in total. The second-order valence-electron chi connectivity index (χ2n) is 8.82. The molecule has 0 saturated heterocycles. The van der Waals surface area contributed by atoms with E-state index in [2.05, 4.69) is 5.32 Å². The van der Waals surface area contributed by atoms with Gasteiger partial charge in [-0.2, -0.15) is 5.10 Å². The van der Waals surface area contributed by atoms with Gasteiger partial charge in [-0.05, 0) is 42.7 Å². The number of carbonyl (C=O) groups is 1. The molecule has 1 amide bonds. The molecule has 1 N–H and O–H groups in total. The molecule has 3 aromatic carbocycles. The largest absolute Gasteiger partial charge is 0.484 e. The number of nitrogens with zero attached hydrogens (tertiary/aromatic N) is 2. The quantitative estimate of drug-likeness (QED) is 0.333. The minimum Gasteiger partial charge on any atom is -0.484 e. The number of amides is 1. The Bertz CT molecular complexity index is 1600. The van der Waals surface area contributed by atoms with Gasteiger partial charge in [-0.1, -0.05) is 48.5 Å². The predicted molar refractivity (Wildman–Crippen MR) is 138 cm³/mol. The fraction of sp³-hybridized carbons (Fsp3) is 0.138. The van der Waals surface area contributed by atoms with E-state index in [0.29, 0.717) is 34.0 Å². The number of fused-ring (bicyclic) bond motifs is 1. The molecule has 0 aliphatic heterocycles. The minimum absolute atomic E-state index is 0.118. The Labute approximate surface area is 207 Å². The van der Waals surface area contributed by atoms with Gasteiger partial charge in [0.15, 0.2) is 12.0 Å². The third kappa shape index (κ3) is 4.38. The Morgan fingerprint density at radius 3 is 2.50 bits per heavy atom. The molecule has 0 atom stereocenters. The Morgan fingerprint density at radius 1 is 1.00 bits per heavy atom. The van der Waals surface area contributed by atoms with Gasteiger partial charge in [0, 0.05) is 18.1 Å². The molecule has 2 heterocycles. The first-order valence-electron chi connectivity index (χ1n) is 11.8. The van der Waals surface area contributed by atoms with E-state index in [-0.39, 0.29) is 17.9 Å². The van der Waals surface area contributed by atoms with E-state index in [1.165, 1.54) is 6.26 Å². The molecule has 1 fully saturated rings. The summed E-state index contributed by atoms with van der Waals surface area (Å²) in [6.45, 7) is -0.198. The summed E-state index contributed by atoms with van der Waals surface area (Å²) in [6.07, 6.45) is 3.69. The number of carbonyl (C=O) groups excluding carboxylic acids is 1. The van der Waals surface area contributed by atoms with Crippen LogP contribution in [0.5, 0.6) is 5.75 Å². The van der Waals surface area contributed by atoms with E-state index in [4.69, 9.17) is 14.3 Å². The SMILES string of the molecule is O=C(COc1ccc2c(=O)c(-c3ccccc3)coc2c1)Nc1cc(C2CC2)nn1-c1ccccc1. The van der Waals surface area contributed by atoms with Crippen LogP contribution >= 0.6 is 0 Å². The van der Waals surface area contributed by atoms with E-state index in [1.807, 2.05) is 66.7 Å². The molecule has 0 radical (unpaired) electrons. The Hall–Kier alpha value is -4.65. The van der Waals surface area contributed by atoms with E-state index in [9.17, 15) is 9.59 Å². The first-order valence-corrected chi connectivity index (χ1v) is 11.8. The summed E-state index contributed by atoms with van der Waals surface area (Å²) in [7, 11) is 0. The summed E-state index contributed by atoms with van der Waals surface area (Å²) in [5.74, 6) is 1.19. The molecule has 36 heavy (non-hydrogen) atoms. The maximum atomic E-state index is 12.9. The first-order chi connectivity index (χ1) is 17.7. The van der Waals surface area contributed by atoms with Gasteiger partial charge in [0.05, 0.1) is 22.3 Å². The van der Waals surface area contributed by atoms with Gasteiger partial charge < -0.3 is 14.5 Å². The molecule has 1 aliphatic carbocycles. The number of ether oxygens (including phenoxy) is 1. The maximum Gasteiger partial charge on any atom is 0.263 e. The summed E-state index contributed by atoms with van der Waals surface area (Å²) < 4.78 is 13.2. The molecular weight excluding hydrogens is 454 g/mol. The van der Waals surface area contributed by atoms with Crippen molar-refractivity contribution in [1.29, 1.82) is 0 Å². The standard InChI is InChI=1S/C29H23N3O4/c33-28(30-27-16-25(20-11-12-20)31-32(27)21-9-5-2-6-10-21)18-35-22-13-14-23-26(15-22)36-17-24(29(23)34)19-7-3-1-4-8-19/h1-10,13-17,20H,11-12,18H2,(H,30,33). The first kappa shape index (κ1) is 21.9. The number of para-hydroxylation sites is 1. The molecule has 0 bridgehead atoms. The molecule has 5 aromatic rings. The fourth-order valence-corrected chi connectivity index (χ4v) is 4.18. The molecule has 0 unspecified atom stereocenters. The Kier molecular flexibility index (Phi) is 5.58. The van der Waals surface area contributed by atoms with Crippen LogP contribution in [0.1, 0.15) is 24.5 Å². The third-order valence-corrected chi connectivity index (χ3v) is 6.19. The van der Waals surface area contributed by atoms with Crippen molar-refractivity contribution >= 4 is 22.7 Å². The fourth-order valence-electron chi connectivity index (χ4n) is 4.18. The maximum absolute atomic E-state index is 12.9. The third-order valence-electron chi connectivity index (χ3n) is 6.19. The van der Waals surface area contributed by atoms with Crippen LogP contribution < -0.4 is 15.5 Å². The summed E-state index contributed by atoms with van der Waals surface area (Å²) in [4.78, 5) is 25.7. The second kappa shape index (κ2) is 9.19. The van der Waals surface area contributed by atoms with Crippen LogP contribution in [0.4, 0.5) is 5.82 Å². The monoisotopic (exact) mass is 477 g/mol. The number of anilines is 1. The molecule has 6 rings (SSSR count). The number of hydrogen-bond acceptors (Lipinski definition) is 5. The van der Waals surface area contributed by atoms with Crippen LogP contribution in [0.2, 0.25) is 0 Å². The molecule has 1 aliphatic rings. The van der Waals surface area contributed by atoms with Gasteiger partial charge in [0.1, 0.15) is 23.4 Å². The summed E-state index contributed by atoms with van der Waals surface area (Å²) in [5.41, 5.74) is 3.43. The van der Waals surface area contributed by atoms with Crippen molar-refractivity contribution in [2.45, 2.75) is 18.8 Å². The van der Waals surface area contributed by atoms with E-state index < -0.39 is 0 Å². The van der Waals surface area contributed by atoms with Crippen LogP contribution in [-0.2, 0) is 4.79 Å². The lowest BCUT2D eigenvalue weighted by Gasteiger charge is -2.10. The highest BCUT2D eigenvalue weighted by Gasteiger charge is 2.28. The molecule has 0 spiro atoms. The van der Waals surface area contributed by atoms with Gasteiger partial charge >= 0.3 is 0 Å². The zero-order valence-corrected chi connectivity index (χ0v) is 19.4. The van der Waals surface area contributed by atoms with Crippen LogP contribution in [0.3, 0.4) is 0 Å². The van der Waals surface area contributed by atoms with Gasteiger partial charge in [-0.15, -0.1) is 0 Å². The number of aromatic nitrogens is 2. The molecule has 1 saturated carbocycles. The van der Waals surface area contributed by atoms with E-state index in [1.54, 1.807) is 22.9 Å². The Morgan fingerprint density at radius 2 is 1.75 bits per heavy atom. The summed E-state index contributed by atoms with van der Waals surface area (Å²) in [6, 6.07) is 26.0. The normalized spacial score (nSPS) is 13.0. The van der Waals surface area contributed by atoms with Crippen molar-refractivity contribution in [3.63, 3.8) is 0 Å². The second-order valence-corrected chi connectivity index (χ2v) is 8.82. The average molecular weight is 478 g/mol. The van der Waals surface area contributed by atoms with Crippen molar-refractivity contribution in [1.82, 2.24) is 9.78 Å². The zero-order chi connectivity index (χ0) is 24.5. The molecule has 2 aromatic heterocycles. The van der Waals surface area contributed by atoms with E-state index >= 15 is 0 Å². The van der Waals surface area contributed by atoms with Crippen LogP contribution in [0.15, 0.2) is 100 Å². The number of hydrogen-bond donors (Lipinski definition) is 1. The van der Waals surface area contributed by atoms with Crippen molar-refractivity contribution in [2.75, 3.05) is 11.9 Å². The van der Waals surface area contributed by atoms with Crippen molar-refractivity contribution < 1.29 is 13.9 Å². The summed E-state index contributed by atoms with van der Waals surface area (Å²) in [5, 5.41) is 8.07. The topological polar surface area (TPSA) is 86.4 Å². The zero-order valence-electron chi connectivity index (χ0n) is 19.4. The van der Waals surface area contributed by atoms with E-state index in [0.717, 1.165) is 29.8 Å².